The average Bonchev–Trinajstić information content (AvgIpc) is 2.45. The minimum Gasteiger partial charge on any atom is -0.303 e. The summed E-state index contributed by atoms with van der Waals surface area (Å²) in [6.07, 6.45) is 4.50. The fourth-order valence-electron chi connectivity index (χ4n) is 4.11. The number of nitrogens with zero attached hydrogens (tertiary/aromatic N) is 1. The molecule has 4 unspecified atom stereocenters. The Bertz CT molecular complexity index is 438. The molecule has 110 valence electrons. The van der Waals surface area contributed by atoms with Crippen LogP contribution in [0.15, 0.2) is 43.0 Å². The van der Waals surface area contributed by atoms with E-state index in [1.165, 1.54) is 18.5 Å². The number of hydrogen-bond donors (Lipinski definition) is 0. The van der Waals surface area contributed by atoms with Gasteiger partial charge in [0, 0.05) is 12.6 Å². The lowest BCUT2D eigenvalue weighted by molar-refractivity contribution is 0.00418. The van der Waals surface area contributed by atoms with E-state index in [9.17, 15) is 0 Å². The van der Waals surface area contributed by atoms with Gasteiger partial charge in [-0.2, -0.15) is 0 Å². The summed E-state index contributed by atoms with van der Waals surface area (Å²) in [6.45, 7) is 12.4. The zero-order valence-corrected chi connectivity index (χ0v) is 13.5. The van der Waals surface area contributed by atoms with Gasteiger partial charge in [-0.1, -0.05) is 50.3 Å². The lowest BCUT2D eigenvalue weighted by atomic mass is 9.59. The zero-order valence-electron chi connectivity index (χ0n) is 13.5. The van der Waals surface area contributed by atoms with Gasteiger partial charge in [0.2, 0.25) is 0 Å². The van der Waals surface area contributed by atoms with Gasteiger partial charge in [-0.05, 0) is 49.6 Å². The van der Waals surface area contributed by atoms with Crippen LogP contribution < -0.4 is 0 Å². The molecule has 1 aromatic carbocycles. The molecule has 1 heterocycles. The predicted molar refractivity (Wildman–Crippen MR) is 88.0 cm³/mol. The average molecular weight is 271 g/mol. The van der Waals surface area contributed by atoms with Crippen LogP contribution in [0.4, 0.5) is 0 Å². The van der Waals surface area contributed by atoms with Crippen molar-refractivity contribution in [2.75, 3.05) is 13.6 Å². The molecule has 1 fully saturated rings. The SMILES string of the molecule is C=CCC1(C(C)c2ccccc2)CC(C)N(C)CC1C. The van der Waals surface area contributed by atoms with Gasteiger partial charge in [-0.15, -0.1) is 6.58 Å². The molecular weight excluding hydrogens is 242 g/mol. The third-order valence-corrected chi connectivity index (χ3v) is 5.66. The monoisotopic (exact) mass is 271 g/mol. The summed E-state index contributed by atoms with van der Waals surface area (Å²) in [5.41, 5.74) is 1.81. The molecule has 0 aromatic heterocycles. The normalized spacial score (nSPS) is 32.8. The van der Waals surface area contributed by atoms with Crippen molar-refractivity contribution in [3.63, 3.8) is 0 Å². The van der Waals surface area contributed by atoms with Crippen molar-refractivity contribution in [3.8, 4) is 0 Å². The van der Waals surface area contributed by atoms with Gasteiger partial charge in [0.25, 0.3) is 0 Å². The van der Waals surface area contributed by atoms with Crippen LogP contribution in [-0.4, -0.2) is 24.5 Å². The highest BCUT2D eigenvalue weighted by Gasteiger charge is 2.45. The quantitative estimate of drug-likeness (QED) is 0.717. The lowest BCUT2D eigenvalue weighted by Crippen LogP contribution is -2.51. The van der Waals surface area contributed by atoms with Crippen LogP contribution in [0.2, 0.25) is 0 Å². The predicted octanol–water partition coefficient (Wildman–Crippen LogP) is 4.71. The van der Waals surface area contributed by atoms with Gasteiger partial charge in [-0.3, -0.25) is 0 Å². The van der Waals surface area contributed by atoms with Crippen molar-refractivity contribution in [1.82, 2.24) is 4.90 Å². The van der Waals surface area contributed by atoms with Gasteiger partial charge in [0.15, 0.2) is 0 Å². The summed E-state index contributed by atoms with van der Waals surface area (Å²) in [7, 11) is 2.26. The minimum atomic E-state index is 0.342. The van der Waals surface area contributed by atoms with Crippen LogP contribution >= 0.6 is 0 Å². The van der Waals surface area contributed by atoms with E-state index in [1.54, 1.807) is 0 Å². The van der Waals surface area contributed by atoms with E-state index < -0.39 is 0 Å². The van der Waals surface area contributed by atoms with Gasteiger partial charge in [0.1, 0.15) is 0 Å². The molecule has 20 heavy (non-hydrogen) atoms. The molecule has 2 rings (SSSR count). The standard InChI is InChI=1S/C19H29N/c1-6-12-19(13-16(3)20(5)14-15(19)2)17(4)18-10-8-7-9-11-18/h6-11,15-17H,1,12-14H2,2-5H3. The van der Waals surface area contributed by atoms with Crippen LogP contribution in [0.25, 0.3) is 0 Å². The number of rotatable bonds is 4. The van der Waals surface area contributed by atoms with Crippen molar-refractivity contribution in [2.24, 2.45) is 11.3 Å². The highest BCUT2D eigenvalue weighted by atomic mass is 15.1. The maximum absolute atomic E-state index is 4.04. The molecule has 1 nitrogen and oxygen atoms in total. The van der Waals surface area contributed by atoms with Gasteiger partial charge in [-0.25, -0.2) is 0 Å². The van der Waals surface area contributed by atoms with Crippen molar-refractivity contribution >= 4 is 0 Å². The molecule has 1 heteroatoms. The highest BCUT2D eigenvalue weighted by Crippen LogP contribution is 2.51. The molecule has 0 spiro atoms. The number of benzene rings is 1. The van der Waals surface area contributed by atoms with Crippen molar-refractivity contribution in [3.05, 3.63) is 48.6 Å². The first-order chi connectivity index (χ1) is 9.51. The Morgan fingerprint density at radius 1 is 1.35 bits per heavy atom. The van der Waals surface area contributed by atoms with Crippen molar-refractivity contribution < 1.29 is 0 Å². The highest BCUT2D eigenvalue weighted by molar-refractivity contribution is 5.23. The van der Waals surface area contributed by atoms with E-state index >= 15 is 0 Å². The van der Waals surface area contributed by atoms with E-state index in [0.717, 1.165) is 6.42 Å². The molecule has 1 aliphatic heterocycles. The van der Waals surface area contributed by atoms with Crippen LogP contribution in [0.5, 0.6) is 0 Å². The molecular formula is C19H29N. The Kier molecular flexibility index (Phi) is 4.70. The fourth-order valence-corrected chi connectivity index (χ4v) is 4.11. The van der Waals surface area contributed by atoms with Gasteiger partial charge in [0.05, 0.1) is 0 Å². The molecule has 0 saturated carbocycles. The maximum Gasteiger partial charge on any atom is 0.00697 e. The summed E-state index contributed by atoms with van der Waals surface area (Å²) in [6, 6.07) is 11.7. The molecule has 0 N–H and O–H groups in total. The second kappa shape index (κ2) is 6.13. The summed E-state index contributed by atoms with van der Waals surface area (Å²) in [4.78, 5) is 2.50. The fraction of sp³-hybridized carbons (Fsp3) is 0.579. The second-order valence-electron chi connectivity index (χ2n) is 6.75. The largest absolute Gasteiger partial charge is 0.303 e. The number of hydrogen-bond acceptors (Lipinski definition) is 1. The second-order valence-corrected chi connectivity index (χ2v) is 6.75. The minimum absolute atomic E-state index is 0.342. The van der Waals surface area contributed by atoms with Crippen LogP contribution in [0.3, 0.4) is 0 Å². The number of allylic oxidation sites excluding steroid dienone is 1. The summed E-state index contributed by atoms with van der Waals surface area (Å²) < 4.78 is 0. The third kappa shape index (κ3) is 2.69. The zero-order chi connectivity index (χ0) is 14.8. The van der Waals surface area contributed by atoms with E-state index in [4.69, 9.17) is 0 Å². The van der Waals surface area contributed by atoms with Crippen LogP contribution in [0.1, 0.15) is 45.1 Å². The first kappa shape index (κ1) is 15.3. The van der Waals surface area contributed by atoms with E-state index in [1.807, 2.05) is 0 Å². The Morgan fingerprint density at radius 3 is 2.60 bits per heavy atom. The molecule has 1 aliphatic rings. The number of piperidine rings is 1. The van der Waals surface area contributed by atoms with E-state index in [0.29, 0.717) is 23.3 Å². The molecule has 4 atom stereocenters. The van der Waals surface area contributed by atoms with Gasteiger partial charge >= 0.3 is 0 Å². The molecule has 0 amide bonds. The van der Waals surface area contributed by atoms with Crippen molar-refractivity contribution in [1.29, 1.82) is 0 Å². The van der Waals surface area contributed by atoms with Crippen LogP contribution in [-0.2, 0) is 0 Å². The Morgan fingerprint density at radius 2 is 2.00 bits per heavy atom. The first-order valence-corrected chi connectivity index (χ1v) is 7.87. The Balaban J connectivity index is 2.36. The smallest absolute Gasteiger partial charge is 0.00697 e. The topological polar surface area (TPSA) is 3.24 Å². The lowest BCUT2D eigenvalue weighted by Gasteiger charge is -2.52. The van der Waals surface area contributed by atoms with E-state index in [-0.39, 0.29) is 0 Å². The Hall–Kier alpha value is -1.08. The first-order valence-electron chi connectivity index (χ1n) is 7.87. The molecule has 0 bridgehead atoms. The summed E-state index contributed by atoms with van der Waals surface area (Å²) in [5.74, 6) is 1.27. The maximum atomic E-state index is 4.04. The van der Waals surface area contributed by atoms with Crippen molar-refractivity contribution in [2.45, 2.75) is 45.6 Å². The molecule has 1 saturated heterocycles. The van der Waals surface area contributed by atoms with Gasteiger partial charge < -0.3 is 4.90 Å². The number of likely N-dealkylation sites (tertiary alicyclic amines) is 1. The third-order valence-electron chi connectivity index (χ3n) is 5.66. The molecule has 0 radical (unpaired) electrons. The van der Waals surface area contributed by atoms with E-state index in [2.05, 4.69) is 75.7 Å². The molecule has 1 aromatic rings. The van der Waals surface area contributed by atoms with Crippen LogP contribution in [0, 0.1) is 11.3 Å². The summed E-state index contributed by atoms with van der Waals surface area (Å²) >= 11 is 0. The Labute approximate surface area is 124 Å². The summed E-state index contributed by atoms with van der Waals surface area (Å²) in [5, 5.41) is 0. The molecule has 0 aliphatic carbocycles.